The van der Waals surface area contributed by atoms with E-state index in [1.54, 1.807) is 6.08 Å². The Kier molecular flexibility index (Phi) is 5.44. The van der Waals surface area contributed by atoms with E-state index in [-0.39, 0.29) is 5.97 Å². The van der Waals surface area contributed by atoms with Crippen molar-refractivity contribution in [3.05, 3.63) is 11.6 Å². The molecule has 86 valence electrons. The van der Waals surface area contributed by atoms with Crippen molar-refractivity contribution in [2.24, 2.45) is 5.92 Å². The number of rotatable bonds is 4. The summed E-state index contributed by atoms with van der Waals surface area (Å²) in [6.45, 7) is 4.44. The zero-order chi connectivity index (χ0) is 11.1. The molecule has 0 unspecified atom stereocenters. The molecule has 0 heterocycles. The number of ether oxygens (including phenoxy) is 1. The Hall–Kier alpha value is -0.790. The second kappa shape index (κ2) is 6.65. The third-order valence-corrected chi connectivity index (χ3v) is 3.13. The summed E-state index contributed by atoms with van der Waals surface area (Å²) in [7, 11) is 0. The third-order valence-electron chi connectivity index (χ3n) is 3.13. The zero-order valence-corrected chi connectivity index (χ0v) is 9.92. The van der Waals surface area contributed by atoms with Gasteiger partial charge in [0.05, 0.1) is 6.61 Å². The predicted molar refractivity (Wildman–Crippen MR) is 61.6 cm³/mol. The van der Waals surface area contributed by atoms with E-state index < -0.39 is 0 Å². The monoisotopic (exact) mass is 210 g/mol. The first kappa shape index (κ1) is 12.3. The summed E-state index contributed by atoms with van der Waals surface area (Å²) in [6, 6.07) is 0. The first-order valence-electron chi connectivity index (χ1n) is 6.15. The fourth-order valence-corrected chi connectivity index (χ4v) is 2.32. The quantitative estimate of drug-likeness (QED) is 0.524. The number of allylic oxidation sites excluding steroid dienone is 1. The Morgan fingerprint density at radius 3 is 2.47 bits per heavy atom. The van der Waals surface area contributed by atoms with Gasteiger partial charge in [0.2, 0.25) is 0 Å². The summed E-state index contributed by atoms with van der Waals surface area (Å²) in [5.41, 5.74) is 1.29. The zero-order valence-electron chi connectivity index (χ0n) is 9.92. The summed E-state index contributed by atoms with van der Waals surface area (Å²) in [5, 5.41) is 0. The molecule has 0 radical (unpaired) electrons. The normalized spacial score (nSPS) is 18.9. The number of carbonyl (C=O) groups is 1. The van der Waals surface area contributed by atoms with Crippen LogP contribution in [0.1, 0.15) is 52.4 Å². The molecule has 1 aliphatic rings. The molecule has 0 saturated heterocycles. The van der Waals surface area contributed by atoms with Gasteiger partial charge < -0.3 is 4.74 Å². The Labute approximate surface area is 92.7 Å². The van der Waals surface area contributed by atoms with Crippen LogP contribution in [-0.4, -0.2) is 12.6 Å². The van der Waals surface area contributed by atoms with Crippen LogP contribution in [0.25, 0.3) is 0 Å². The topological polar surface area (TPSA) is 26.3 Å². The van der Waals surface area contributed by atoms with Gasteiger partial charge in [-0.1, -0.05) is 31.8 Å². The minimum Gasteiger partial charge on any atom is -0.463 e. The summed E-state index contributed by atoms with van der Waals surface area (Å²) in [5.74, 6) is 0.466. The molecule has 2 heteroatoms. The molecule has 15 heavy (non-hydrogen) atoms. The first-order chi connectivity index (χ1) is 7.27. The minimum atomic E-state index is -0.167. The Balaban J connectivity index is 2.55. The molecule has 0 aliphatic heterocycles. The van der Waals surface area contributed by atoms with Crippen LogP contribution in [0.2, 0.25) is 0 Å². The van der Waals surface area contributed by atoms with E-state index in [0.717, 1.165) is 6.42 Å². The molecular weight excluding hydrogens is 188 g/mol. The highest BCUT2D eigenvalue weighted by Crippen LogP contribution is 2.31. The Bertz CT molecular complexity index is 225. The molecule has 0 aromatic carbocycles. The number of hydrogen-bond donors (Lipinski definition) is 0. The van der Waals surface area contributed by atoms with E-state index >= 15 is 0 Å². The average Bonchev–Trinajstić information content (AvgIpc) is 2.27. The molecule has 0 aromatic heterocycles. The second-order valence-corrected chi connectivity index (χ2v) is 4.16. The molecule has 0 N–H and O–H groups in total. The Morgan fingerprint density at radius 1 is 1.27 bits per heavy atom. The van der Waals surface area contributed by atoms with Crippen molar-refractivity contribution in [3.63, 3.8) is 0 Å². The van der Waals surface area contributed by atoms with E-state index in [4.69, 9.17) is 4.74 Å². The van der Waals surface area contributed by atoms with Crippen LogP contribution in [0, 0.1) is 5.92 Å². The van der Waals surface area contributed by atoms with Crippen LogP contribution in [0.5, 0.6) is 0 Å². The summed E-state index contributed by atoms with van der Waals surface area (Å²) < 4.78 is 4.95. The molecule has 0 aromatic rings. The lowest BCUT2D eigenvalue weighted by Crippen LogP contribution is -2.11. The van der Waals surface area contributed by atoms with Gasteiger partial charge in [-0.3, -0.25) is 0 Å². The fourth-order valence-electron chi connectivity index (χ4n) is 2.32. The molecule has 0 spiro atoms. The van der Waals surface area contributed by atoms with Crippen molar-refractivity contribution >= 4 is 5.97 Å². The van der Waals surface area contributed by atoms with Crippen molar-refractivity contribution in [1.29, 1.82) is 0 Å². The lowest BCUT2D eigenvalue weighted by Gasteiger charge is -2.23. The van der Waals surface area contributed by atoms with Gasteiger partial charge >= 0.3 is 5.97 Å². The summed E-state index contributed by atoms with van der Waals surface area (Å²) in [4.78, 5) is 11.4. The van der Waals surface area contributed by atoms with E-state index in [0.29, 0.717) is 12.5 Å². The predicted octanol–water partition coefficient (Wildman–Crippen LogP) is 3.47. The van der Waals surface area contributed by atoms with E-state index in [9.17, 15) is 4.79 Å². The van der Waals surface area contributed by atoms with Crippen molar-refractivity contribution in [1.82, 2.24) is 0 Å². The SMILES string of the molecule is CCOC(=O)/C=C(\CC)C1CCCCC1. The minimum absolute atomic E-state index is 0.167. The van der Waals surface area contributed by atoms with Crippen LogP contribution < -0.4 is 0 Å². The smallest absolute Gasteiger partial charge is 0.330 e. The van der Waals surface area contributed by atoms with E-state index in [2.05, 4.69) is 6.92 Å². The van der Waals surface area contributed by atoms with Crippen LogP contribution in [0.4, 0.5) is 0 Å². The molecule has 0 amide bonds. The second-order valence-electron chi connectivity index (χ2n) is 4.16. The number of hydrogen-bond acceptors (Lipinski definition) is 2. The van der Waals surface area contributed by atoms with Crippen molar-refractivity contribution in [2.45, 2.75) is 52.4 Å². The van der Waals surface area contributed by atoms with Crippen LogP contribution in [0.15, 0.2) is 11.6 Å². The molecule has 0 bridgehead atoms. The highest BCUT2D eigenvalue weighted by atomic mass is 16.5. The largest absolute Gasteiger partial charge is 0.463 e. The molecule has 1 aliphatic carbocycles. The summed E-state index contributed by atoms with van der Waals surface area (Å²) >= 11 is 0. The van der Waals surface area contributed by atoms with Crippen LogP contribution in [-0.2, 0) is 9.53 Å². The van der Waals surface area contributed by atoms with Crippen molar-refractivity contribution in [2.75, 3.05) is 6.61 Å². The first-order valence-corrected chi connectivity index (χ1v) is 6.15. The molecular formula is C13H22O2. The molecule has 1 saturated carbocycles. The maximum Gasteiger partial charge on any atom is 0.330 e. The highest BCUT2D eigenvalue weighted by molar-refractivity contribution is 5.82. The third kappa shape index (κ3) is 4.06. The van der Waals surface area contributed by atoms with Gasteiger partial charge in [-0.15, -0.1) is 0 Å². The highest BCUT2D eigenvalue weighted by Gasteiger charge is 2.17. The number of carbonyl (C=O) groups excluding carboxylic acids is 1. The maximum atomic E-state index is 11.4. The van der Waals surface area contributed by atoms with E-state index in [1.165, 1.54) is 37.7 Å². The lowest BCUT2D eigenvalue weighted by atomic mass is 9.82. The Morgan fingerprint density at radius 2 is 1.93 bits per heavy atom. The van der Waals surface area contributed by atoms with Crippen molar-refractivity contribution < 1.29 is 9.53 Å². The van der Waals surface area contributed by atoms with Gasteiger partial charge in [-0.05, 0) is 32.1 Å². The molecule has 0 atom stereocenters. The average molecular weight is 210 g/mol. The number of esters is 1. The van der Waals surface area contributed by atoms with Gasteiger partial charge in [-0.25, -0.2) is 4.79 Å². The standard InChI is InChI=1S/C13H22O2/c1-3-11(10-13(14)15-4-2)12-8-6-5-7-9-12/h10,12H,3-9H2,1-2H3/b11-10+. The summed E-state index contributed by atoms with van der Waals surface area (Å²) in [6.07, 6.45) is 9.17. The van der Waals surface area contributed by atoms with E-state index in [1.807, 2.05) is 6.92 Å². The van der Waals surface area contributed by atoms with Gasteiger partial charge in [0, 0.05) is 6.08 Å². The van der Waals surface area contributed by atoms with Crippen molar-refractivity contribution in [3.8, 4) is 0 Å². The molecule has 1 rings (SSSR count). The molecule has 1 fully saturated rings. The van der Waals surface area contributed by atoms with Gasteiger partial charge in [0.15, 0.2) is 0 Å². The molecule has 2 nitrogen and oxygen atoms in total. The maximum absolute atomic E-state index is 11.4. The lowest BCUT2D eigenvalue weighted by molar-refractivity contribution is -0.137. The van der Waals surface area contributed by atoms with Crippen LogP contribution in [0.3, 0.4) is 0 Å². The van der Waals surface area contributed by atoms with Gasteiger partial charge in [0.1, 0.15) is 0 Å². The van der Waals surface area contributed by atoms with Gasteiger partial charge in [0.25, 0.3) is 0 Å². The van der Waals surface area contributed by atoms with Crippen LogP contribution >= 0.6 is 0 Å². The fraction of sp³-hybridized carbons (Fsp3) is 0.769. The van der Waals surface area contributed by atoms with Gasteiger partial charge in [-0.2, -0.15) is 0 Å².